The van der Waals surface area contributed by atoms with Crippen LogP contribution in [-0.4, -0.2) is 21.3 Å². The molecule has 0 aliphatic rings. The lowest BCUT2D eigenvalue weighted by Crippen LogP contribution is -2.12. The van der Waals surface area contributed by atoms with Crippen molar-refractivity contribution in [2.24, 2.45) is 0 Å². The molecule has 2 aromatic carbocycles. The first kappa shape index (κ1) is 13.4. The highest BCUT2D eigenvalue weighted by molar-refractivity contribution is 7.12. The van der Waals surface area contributed by atoms with Crippen molar-refractivity contribution in [2.45, 2.75) is 6.92 Å². The van der Waals surface area contributed by atoms with Gasteiger partial charge in [-0.15, -0.1) is 5.10 Å². The molecule has 1 aromatic heterocycles. The van der Waals surface area contributed by atoms with Gasteiger partial charge in [0, 0.05) is 16.8 Å². The van der Waals surface area contributed by atoms with Crippen LogP contribution in [0.1, 0.15) is 27.6 Å². The fraction of sp³-hybridized carbons (Fsp3) is 0.0667. The van der Waals surface area contributed by atoms with E-state index in [1.54, 1.807) is 36.4 Å². The van der Waals surface area contributed by atoms with E-state index in [2.05, 4.69) is 14.9 Å². The van der Waals surface area contributed by atoms with E-state index in [1.807, 2.05) is 6.07 Å². The first-order chi connectivity index (χ1) is 10.1. The van der Waals surface area contributed by atoms with Crippen LogP contribution in [0.25, 0.3) is 10.2 Å². The maximum Gasteiger partial charge on any atom is 0.255 e. The highest BCUT2D eigenvalue weighted by Gasteiger charge is 2.09. The fourth-order valence-electron chi connectivity index (χ4n) is 1.94. The minimum absolute atomic E-state index is 0.0407. The quantitative estimate of drug-likeness (QED) is 0.754. The molecule has 0 bridgehead atoms. The summed E-state index contributed by atoms with van der Waals surface area (Å²) in [6.07, 6.45) is 0. The zero-order valence-electron chi connectivity index (χ0n) is 11.2. The highest BCUT2D eigenvalue weighted by atomic mass is 32.1. The predicted molar refractivity (Wildman–Crippen MR) is 81.8 cm³/mol. The number of nitrogens with one attached hydrogen (secondary N) is 1. The number of anilines is 1. The molecule has 0 aliphatic heterocycles. The molecule has 1 heterocycles. The molecule has 3 rings (SSSR count). The zero-order valence-corrected chi connectivity index (χ0v) is 12.0. The molecule has 21 heavy (non-hydrogen) atoms. The van der Waals surface area contributed by atoms with Crippen molar-refractivity contribution in [1.29, 1.82) is 0 Å². The van der Waals surface area contributed by atoms with E-state index in [0.717, 1.165) is 4.70 Å². The lowest BCUT2D eigenvalue weighted by Gasteiger charge is -2.06. The molecule has 0 saturated carbocycles. The number of ketones is 1. The molecular weight excluding hydrogens is 286 g/mol. The van der Waals surface area contributed by atoms with Crippen LogP contribution in [-0.2, 0) is 0 Å². The Morgan fingerprint density at radius 2 is 1.95 bits per heavy atom. The summed E-state index contributed by atoms with van der Waals surface area (Å²) in [6, 6.07) is 12.1. The molecule has 0 radical (unpaired) electrons. The van der Waals surface area contributed by atoms with Crippen LogP contribution in [0.3, 0.4) is 0 Å². The first-order valence-corrected chi connectivity index (χ1v) is 7.05. The van der Waals surface area contributed by atoms with Gasteiger partial charge in [0.05, 0.1) is 4.70 Å². The van der Waals surface area contributed by atoms with Gasteiger partial charge in [0.15, 0.2) is 5.78 Å². The van der Waals surface area contributed by atoms with Crippen molar-refractivity contribution < 1.29 is 9.59 Å². The fourth-order valence-corrected chi connectivity index (χ4v) is 2.48. The summed E-state index contributed by atoms with van der Waals surface area (Å²) < 4.78 is 4.77. The number of benzene rings is 2. The van der Waals surface area contributed by atoms with Crippen LogP contribution in [0.5, 0.6) is 0 Å². The number of carbonyl (C=O) groups is 2. The maximum atomic E-state index is 12.2. The van der Waals surface area contributed by atoms with Crippen molar-refractivity contribution in [3.63, 3.8) is 0 Å². The molecule has 0 spiro atoms. The number of nitrogens with zero attached hydrogens (tertiary/aromatic N) is 2. The Kier molecular flexibility index (Phi) is 3.45. The van der Waals surface area contributed by atoms with Gasteiger partial charge in [0.1, 0.15) is 5.52 Å². The molecule has 0 atom stereocenters. The molecule has 1 amide bonds. The number of fused-ring (bicyclic) bond motifs is 1. The van der Waals surface area contributed by atoms with Gasteiger partial charge in [-0.25, -0.2) is 0 Å². The number of hydrogen-bond acceptors (Lipinski definition) is 5. The average Bonchev–Trinajstić information content (AvgIpc) is 2.94. The summed E-state index contributed by atoms with van der Waals surface area (Å²) in [5.41, 5.74) is 2.35. The first-order valence-electron chi connectivity index (χ1n) is 6.28. The molecule has 6 heteroatoms. The minimum atomic E-state index is -0.245. The number of amides is 1. The number of rotatable bonds is 3. The van der Waals surface area contributed by atoms with Crippen molar-refractivity contribution in [3.05, 3.63) is 53.6 Å². The SMILES string of the molecule is CC(=O)c1cccc(NC(=O)c2ccc3snnc3c2)c1. The summed E-state index contributed by atoms with van der Waals surface area (Å²) >= 11 is 1.29. The Morgan fingerprint density at radius 1 is 1.10 bits per heavy atom. The van der Waals surface area contributed by atoms with Crippen LogP contribution < -0.4 is 5.32 Å². The van der Waals surface area contributed by atoms with Gasteiger partial charge in [-0.2, -0.15) is 0 Å². The number of hydrogen-bond donors (Lipinski definition) is 1. The van der Waals surface area contributed by atoms with Gasteiger partial charge in [-0.05, 0) is 48.8 Å². The molecule has 104 valence electrons. The van der Waals surface area contributed by atoms with Crippen molar-refractivity contribution in [1.82, 2.24) is 9.59 Å². The van der Waals surface area contributed by atoms with E-state index in [-0.39, 0.29) is 11.7 Å². The lowest BCUT2D eigenvalue weighted by atomic mass is 10.1. The van der Waals surface area contributed by atoms with Crippen LogP contribution in [0.2, 0.25) is 0 Å². The van der Waals surface area contributed by atoms with Crippen molar-refractivity contribution >= 4 is 39.1 Å². The van der Waals surface area contributed by atoms with E-state index in [9.17, 15) is 9.59 Å². The van der Waals surface area contributed by atoms with Gasteiger partial charge in [0.25, 0.3) is 5.91 Å². The molecule has 0 aliphatic carbocycles. The van der Waals surface area contributed by atoms with E-state index in [0.29, 0.717) is 22.3 Å². The van der Waals surface area contributed by atoms with Gasteiger partial charge in [-0.3, -0.25) is 9.59 Å². The largest absolute Gasteiger partial charge is 0.322 e. The molecular formula is C15H11N3O2S. The van der Waals surface area contributed by atoms with Crippen LogP contribution >= 0.6 is 11.5 Å². The smallest absolute Gasteiger partial charge is 0.255 e. The zero-order chi connectivity index (χ0) is 14.8. The Hall–Kier alpha value is -2.60. The van der Waals surface area contributed by atoms with Gasteiger partial charge >= 0.3 is 0 Å². The number of Topliss-reactive ketones (excluding diaryl/α,β-unsaturated/α-hetero) is 1. The maximum absolute atomic E-state index is 12.2. The van der Waals surface area contributed by atoms with E-state index >= 15 is 0 Å². The van der Waals surface area contributed by atoms with Crippen LogP contribution in [0, 0.1) is 0 Å². The summed E-state index contributed by atoms with van der Waals surface area (Å²) in [5.74, 6) is -0.285. The molecule has 0 fully saturated rings. The monoisotopic (exact) mass is 297 g/mol. The van der Waals surface area contributed by atoms with Crippen molar-refractivity contribution in [3.8, 4) is 0 Å². The Morgan fingerprint density at radius 3 is 2.76 bits per heavy atom. The molecule has 1 N–H and O–H groups in total. The van der Waals surface area contributed by atoms with E-state index in [4.69, 9.17) is 0 Å². The van der Waals surface area contributed by atoms with Crippen molar-refractivity contribution in [2.75, 3.05) is 5.32 Å². The minimum Gasteiger partial charge on any atom is -0.322 e. The topological polar surface area (TPSA) is 72.0 Å². The van der Waals surface area contributed by atoms with Crippen LogP contribution in [0.15, 0.2) is 42.5 Å². The van der Waals surface area contributed by atoms with Crippen LogP contribution in [0.4, 0.5) is 5.69 Å². The van der Waals surface area contributed by atoms with E-state index in [1.165, 1.54) is 18.5 Å². The summed E-state index contributed by atoms with van der Waals surface area (Å²) in [4.78, 5) is 23.6. The van der Waals surface area contributed by atoms with E-state index < -0.39 is 0 Å². The summed E-state index contributed by atoms with van der Waals surface area (Å²) in [7, 11) is 0. The molecule has 0 unspecified atom stereocenters. The molecule has 0 saturated heterocycles. The Balaban J connectivity index is 1.85. The third-order valence-electron chi connectivity index (χ3n) is 3.04. The summed E-state index contributed by atoms with van der Waals surface area (Å²) in [6.45, 7) is 1.49. The van der Waals surface area contributed by atoms with Gasteiger partial charge in [-0.1, -0.05) is 16.6 Å². The Bertz CT molecular complexity index is 842. The average molecular weight is 297 g/mol. The normalized spacial score (nSPS) is 10.5. The molecule has 3 aromatic rings. The third kappa shape index (κ3) is 2.80. The highest BCUT2D eigenvalue weighted by Crippen LogP contribution is 2.18. The summed E-state index contributed by atoms with van der Waals surface area (Å²) in [5, 5.41) is 6.72. The molecule has 5 nitrogen and oxygen atoms in total. The lowest BCUT2D eigenvalue weighted by molar-refractivity contribution is 0.101. The van der Waals surface area contributed by atoms with Gasteiger partial charge in [0.2, 0.25) is 0 Å². The number of carbonyl (C=O) groups excluding carboxylic acids is 2. The second-order valence-corrected chi connectivity index (χ2v) is 5.33. The second-order valence-electron chi connectivity index (χ2n) is 4.55. The predicted octanol–water partition coefficient (Wildman–Crippen LogP) is 3.15. The third-order valence-corrected chi connectivity index (χ3v) is 3.74. The Labute approximate surface area is 124 Å². The number of aromatic nitrogens is 2. The second kappa shape index (κ2) is 5.41. The standard InChI is InChI=1S/C15H11N3O2S/c1-9(19)10-3-2-4-12(7-10)16-15(20)11-5-6-14-13(8-11)17-18-21-14/h2-8H,1H3,(H,16,20). The van der Waals surface area contributed by atoms with Gasteiger partial charge < -0.3 is 5.32 Å².